The molecule has 1 saturated carbocycles. The van der Waals surface area contributed by atoms with Crippen LogP contribution in [0.25, 0.3) is 10.8 Å². The van der Waals surface area contributed by atoms with Crippen LogP contribution in [0.4, 0.5) is 5.82 Å². The number of halogens is 1. The molecule has 1 aromatic heterocycles. The van der Waals surface area contributed by atoms with Gasteiger partial charge in [0.15, 0.2) is 0 Å². The van der Waals surface area contributed by atoms with Crippen LogP contribution < -0.4 is 5.32 Å². The normalized spacial score (nSPS) is 16.5. The number of fused-ring (bicyclic) bond motifs is 1. The van der Waals surface area contributed by atoms with Gasteiger partial charge in [0, 0.05) is 28.0 Å². The van der Waals surface area contributed by atoms with E-state index in [0.717, 1.165) is 16.8 Å². The van der Waals surface area contributed by atoms with Crippen molar-refractivity contribution in [2.45, 2.75) is 32.6 Å². The first-order valence-electron chi connectivity index (χ1n) is 7.01. The maximum Gasteiger partial charge on any atom is 0.133 e. The lowest BCUT2D eigenvalue weighted by atomic mass is 10.0. The fourth-order valence-electron chi connectivity index (χ4n) is 2.80. The molecule has 1 heterocycles. The van der Waals surface area contributed by atoms with E-state index in [1.807, 2.05) is 6.20 Å². The van der Waals surface area contributed by atoms with Crippen molar-refractivity contribution < 1.29 is 0 Å². The lowest BCUT2D eigenvalue weighted by Crippen LogP contribution is -2.16. The van der Waals surface area contributed by atoms with Gasteiger partial charge in [-0.1, -0.05) is 41.4 Å². The third-order valence-electron chi connectivity index (χ3n) is 4.12. The Morgan fingerprint density at radius 1 is 1.26 bits per heavy atom. The molecule has 0 radical (unpaired) electrons. The Bertz CT molecular complexity index is 590. The third-order valence-corrected chi connectivity index (χ3v) is 4.81. The summed E-state index contributed by atoms with van der Waals surface area (Å²) in [5, 5.41) is 5.99. The van der Waals surface area contributed by atoms with Crippen molar-refractivity contribution in [1.82, 2.24) is 4.98 Å². The molecule has 0 bridgehead atoms. The average Bonchev–Trinajstić information content (AvgIpc) is 3.18. The SMILES string of the molecule is CCCC1(CNc2nccc3c(Br)cccc23)CC1. The number of anilines is 1. The standard InChI is InChI=1S/C16H19BrN2/c1-2-7-16(8-9-16)11-19-15-13-4-3-5-14(17)12(13)6-10-18-15/h3-6,10H,2,7-9,11H2,1H3,(H,18,19). The van der Waals surface area contributed by atoms with Crippen LogP contribution in [-0.2, 0) is 0 Å². The van der Waals surface area contributed by atoms with Crippen molar-refractivity contribution in [2.24, 2.45) is 5.41 Å². The summed E-state index contributed by atoms with van der Waals surface area (Å²) in [6, 6.07) is 8.34. The monoisotopic (exact) mass is 318 g/mol. The van der Waals surface area contributed by atoms with Crippen molar-refractivity contribution in [2.75, 3.05) is 11.9 Å². The largest absolute Gasteiger partial charge is 0.369 e. The molecule has 0 atom stereocenters. The second-order valence-electron chi connectivity index (χ2n) is 5.60. The van der Waals surface area contributed by atoms with Crippen molar-refractivity contribution >= 4 is 32.5 Å². The third kappa shape index (κ3) is 2.62. The fraction of sp³-hybridized carbons (Fsp3) is 0.438. The number of nitrogens with one attached hydrogen (secondary N) is 1. The lowest BCUT2D eigenvalue weighted by molar-refractivity contribution is 0.485. The molecule has 2 nitrogen and oxygen atoms in total. The molecule has 100 valence electrons. The first-order chi connectivity index (χ1) is 9.24. The van der Waals surface area contributed by atoms with E-state index in [0.29, 0.717) is 5.41 Å². The van der Waals surface area contributed by atoms with Crippen LogP contribution in [0.2, 0.25) is 0 Å². The minimum absolute atomic E-state index is 0.546. The summed E-state index contributed by atoms with van der Waals surface area (Å²) >= 11 is 3.60. The zero-order chi connectivity index (χ0) is 13.3. The number of pyridine rings is 1. The van der Waals surface area contributed by atoms with E-state index in [9.17, 15) is 0 Å². The molecule has 1 N–H and O–H groups in total. The molecule has 0 spiro atoms. The van der Waals surface area contributed by atoms with Crippen molar-refractivity contribution in [3.63, 3.8) is 0 Å². The van der Waals surface area contributed by atoms with Gasteiger partial charge >= 0.3 is 0 Å². The van der Waals surface area contributed by atoms with Gasteiger partial charge in [-0.3, -0.25) is 0 Å². The van der Waals surface area contributed by atoms with Gasteiger partial charge in [-0.05, 0) is 36.8 Å². The van der Waals surface area contributed by atoms with E-state index in [1.165, 1.54) is 36.5 Å². The Morgan fingerprint density at radius 3 is 2.84 bits per heavy atom. The van der Waals surface area contributed by atoms with Crippen molar-refractivity contribution in [1.29, 1.82) is 0 Å². The molecule has 2 aromatic rings. The fourth-order valence-corrected chi connectivity index (χ4v) is 3.30. The number of rotatable bonds is 5. The lowest BCUT2D eigenvalue weighted by Gasteiger charge is -2.16. The molecular formula is C16H19BrN2. The molecular weight excluding hydrogens is 300 g/mol. The minimum Gasteiger partial charge on any atom is -0.369 e. The Labute approximate surface area is 122 Å². The van der Waals surface area contributed by atoms with Crippen LogP contribution in [0.5, 0.6) is 0 Å². The highest BCUT2D eigenvalue weighted by Gasteiger charge is 2.41. The number of hydrogen-bond acceptors (Lipinski definition) is 2. The molecule has 1 aliphatic rings. The summed E-state index contributed by atoms with van der Waals surface area (Å²) in [6.07, 6.45) is 7.21. The number of benzene rings is 1. The molecule has 1 aliphatic carbocycles. The average molecular weight is 319 g/mol. The van der Waals surface area contributed by atoms with Crippen molar-refractivity contribution in [3.8, 4) is 0 Å². The predicted octanol–water partition coefficient (Wildman–Crippen LogP) is 4.99. The molecule has 3 rings (SSSR count). The van der Waals surface area contributed by atoms with Crippen LogP contribution in [-0.4, -0.2) is 11.5 Å². The predicted molar refractivity (Wildman–Crippen MR) is 84.5 cm³/mol. The minimum atomic E-state index is 0.546. The summed E-state index contributed by atoms with van der Waals surface area (Å²) in [4.78, 5) is 4.51. The number of hydrogen-bond donors (Lipinski definition) is 1. The molecule has 1 fully saturated rings. The summed E-state index contributed by atoms with van der Waals surface area (Å²) in [7, 11) is 0. The highest BCUT2D eigenvalue weighted by atomic mass is 79.9. The van der Waals surface area contributed by atoms with Crippen LogP contribution >= 0.6 is 15.9 Å². The van der Waals surface area contributed by atoms with E-state index in [2.05, 4.69) is 57.4 Å². The maximum atomic E-state index is 4.51. The van der Waals surface area contributed by atoms with Crippen LogP contribution in [0.3, 0.4) is 0 Å². The summed E-state index contributed by atoms with van der Waals surface area (Å²) in [5.41, 5.74) is 0.546. The van der Waals surface area contributed by atoms with Crippen LogP contribution in [0, 0.1) is 5.41 Å². The van der Waals surface area contributed by atoms with Gasteiger partial charge < -0.3 is 5.32 Å². The maximum absolute atomic E-state index is 4.51. The molecule has 0 saturated heterocycles. The topological polar surface area (TPSA) is 24.9 Å². The molecule has 0 amide bonds. The summed E-state index contributed by atoms with van der Waals surface area (Å²) < 4.78 is 1.13. The van der Waals surface area contributed by atoms with Gasteiger partial charge in [-0.25, -0.2) is 4.98 Å². The second kappa shape index (κ2) is 5.12. The van der Waals surface area contributed by atoms with Gasteiger partial charge in [0.05, 0.1) is 0 Å². The van der Waals surface area contributed by atoms with Gasteiger partial charge in [0.1, 0.15) is 5.82 Å². The van der Waals surface area contributed by atoms with Crippen molar-refractivity contribution in [3.05, 3.63) is 34.9 Å². The first kappa shape index (κ1) is 12.9. The van der Waals surface area contributed by atoms with E-state index in [1.54, 1.807) is 0 Å². The van der Waals surface area contributed by atoms with Gasteiger partial charge in [-0.15, -0.1) is 0 Å². The van der Waals surface area contributed by atoms with E-state index >= 15 is 0 Å². The smallest absolute Gasteiger partial charge is 0.133 e. The van der Waals surface area contributed by atoms with Crippen LogP contribution in [0.1, 0.15) is 32.6 Å². The van der Waals surface area contributed by atoms with Crippen LogP contribution in [0.15, 0.2) is 34.9 Å². The Kier molecular flexibility index (Phi) is 3.48. The molecule has 1 aromatic carbocycles. The van der Waals surface area contributed by atoms with Gasteiger partial charge in [-0.2, -0.15) is 0 Å². The summed E-state index contributed by atoms with van der Waals surface area (Å²) in [5.74, 6) is 1.01. The number of nitrogens with zero attached hydrogens (tertiary/aromatic N) is 1. The van der Waals surface area contributed by atoms with E-state index in [4.69, 9.17) is 0 Å². The Balaban J connectivity index is 1.83. The number of aromatic nitrogens is 1. The van der Waals surface area contributed by atoms with E-state index < -0.39 is 0 Å². The molecule has 19 heavy (non-hydrogen) atoms. The highest BCUT2D eigenvalue weighted by Crippen LogP contribution is 2.49. The second-order valence-corrected chi connectivity index (χ2v) is 6.45. The Morgan fingerprint density at radius 2 is 2.11 bits per heavy atom. The van der Waals surface area contributed by atoms with E-state index in [-0.39, 0.29) is 0 Å². The zero-order valence-electron chi connectivity index (χ0n) is 11.2. The first-order valence-corrected chi connectivity index (χ1v) is 7.80. The van der Waals surface area contributed by atoms with Gasteiger partial charge in [0.25, 0.3) is 0 Å². The van der Waals surface area contributed by atoms with Gasteiger partial charge in [0.2, 0.25) is 0 Å². The zero-order valence-corrected chi connectivity index (χ0v) is 12.8. The molecule has 0 unspecified atom stereocenters. The summed E-state index contributed by atoms with van der Waals surface area (Å²) in [6.45, 7) is 3.33. The molecule has 0 aliphatic heterocycles. The Hall–Kier alpha value is -1.09. The highest BCUT2D eigenvalue weighted by molar-refractivity contribution is 9.10. The quantitative estimate of drug-likeness (QED) is 0.840. The molecule has 3 heteroatoms.